The lowest BCUT2D eigenvalue weighted by molar-refractivity contribution is -0.126. The summed E-state index contributed by atoms with van der Waals surface area (Å²) in [5, 5.41) is 12.5. The molecule has 1 fully saturated rings. The van der Waals surface area contributed by atoms with Crippen LogP contribution in [-0.2, 0) is 4.79 Å². The number of halogens is 1. The van der Waals surface area contributed by atoms with Crippen molar-refractivity contribution in [2.24, 2.45) is 5.92 Å². The van der Waals surface area contributed by atoms with Crippen molar-refractivity contribution in [2.75, 3.05) is 24.6 Å². The molecule has 122 valence electrons. The summed E-state index contributed by atoms with van der Waals surface area (Å²) in [5.74, 6) is 1.12. The Bertz CT molecular complexity index is 473. The average Bonchev–Trinajstić information content (AvgIpc) is 2.54. The van der Waals surface area contributed by atoms with Gasteiger partial charge in [-0.25, -0.2) is 4.98 Å². The van der Waals surface area contributed by atoms with Gasteiger partial charge in [0, 0.05) is 37.9 Å². The highest BCUT2D eigenvalue weighted by Gasteiger charge is 2.26. The SMILES string of the molecule is CC(CCCO)NC(=O)C1CCN(c2ccc(Cl)cn2)CC1. The van der Waals surface area contributed by atoms with E-state index in [1.807, 2.05) is 19.1 Å². The van der Waals surface area contributed by atoms with Crippen LogP contribution in [0.5, 0.6) is 0 Å². The molecule has 1 unspecified atom stereocenters. The monoisotopic (exact) mass is 325 g/mol. The highest BCUT2D eigenvalue weighted by molar-refractivity contribution is 6.30. The highest BCUT2D eigenvalue weighted by Crippen LogP contribution is 2.23. The topological polar surface area (TPSA) is 65.5 Å². The number of anilines is 1. The van der Waals surface area contributed by atoms with Crippen molar-refractivity contribution in [1.29, 1.82) is 0 Å². The van der Waals surface area contributed by atoms with Gasteiger partial charge in [0.15, 0.2) is 0 Å². The number of hydrogen-bond donors (Lipinski definition) is 2. The lowest BCUT2D eigenvalue weighted by Gasteiger charge is -2.32. The summed E-state index contributed by atoms with van der Waals surface area (Å²) >= 11 is 5.85. The quantitative estimate of drug-likeness (QED) is 0.841. The first-order valence-electron chi connectivity index (χ1n) is 7.88. The molecular formula is C16H24ClN3O2. The molecule has 1 saturated heterocycles. The van der Waals surface area contributed by atoms with E-state index in [-0.39, 0.29) is 24.5 Å². The molecule has 1 amide bonds. The number of carbonyl (C=O) groups is 1. The van der Waals surface area contributed by atoms with E-state index >= 15 is 0 Å². The number of hydrogen-bond acceptors (Lipinski definition) is 4. The largest absolute Gasteiger partial charge is 0.396 e. The van der Waals surface area contributed by atoms with Crippen LogP contribution in [0.15, 0.2) is 18.3 Å². The summed E-state index contributed by atoms with van der Waals surface area (Å²) in [6, 6.07) is 3.88. The fourth-order valence-corrected chi connectivity index (χ4v) is 2.87. The van der Waals surface area contributed by atoms with Crippen LogP contribution in [0.25, 0.3) is 0 Å². The van der Waals surface area contributed by atoms with E-state index in [2.05, 4.69) is 15.2 Å². The fraction of sp³-hybridized carbons (Fsp3) is 0.625. The van der Waals surface area contributed by atoms with Gasteiger partial charge in [-0.2, -0.15) is 0 Å². The molecule has 6 heteroatoms. The molecule has 1 aromatic rings. The number of nitrogens with zero attached hydrogens (tertiary/aromatic N) is 2. The van der Waals surface area contributed by atoms with Gasteiger partial charge in [0.2, 0.25) is 5.91 Å². The normalized spacial score (nSPS) is 17.3. The summed E-state index contributed by atoms with van der Waals surface area (Å²) in [6.07, 6.45) is 4.86. The second kappa shape index (κ2) is 8.34. The Morgan fingerprint density at radius 1 is 1.50 bits per heavy atom. The zero-order chi connectivity index (χ0) is 15.9. The van der Waals surface area contributed by atoms with E-state index in [0.29, 0.717) is 5.02 Å². The Kier molecular flexibility index (Phi) is 6.46. The Labute approximate surface area is 136 Å². The Hall–Kier alpha value is -1.33. The van der Waals surface area contributed by atoms with Crippen LogP contribution in [0, 0.1) is 5.92 Å². The molecule has 1 aliphatic rings. The van der Waals surface area contributed by atoms with Gasteiger partial charge in [-0.05, 0) is 44.7 Å². The van der Waals surface area contributed by atoms with Gasteiger partial charge in [-0.15, -0.1) is 0 Å². The molecule has 5 nitrogen and oxygen atoms in total. The summed E-state index contributed by atoms with van der Waals surface area (Å²) in [5.41, 5.74) is 0. The minimum absolute atomic E-state index is 0.0696. The molecule has 0 saturated carbocycles. The third kappa shape index (κ3) is 4.85. The zero-order valence-corrected chi connectivity index (χ0v) is 13.7. The predicted molar refractivity (Wildman–Crippen MR) is 88.1 cm³/mol. The molecule has 1 aliphatic heterocycles. The van der Waals surface area contributed by atoms with Crippen LogP contribution in [0.3, 0.4) is 0 Å². The minimum Gasteiger partial charge on any atom is -0.396 e. The molecule has 0 bridgehead atoms. The van der Waals surface area contributed by atoms with E-state index in [9.17, 15) is 4.79 Å². The number of amides is 1. The second-order valence-electron chi connectivity index (χ2n) is 5.87. The average molecular weight is 326 g/mol. The Balaban J connectivity index is 1.79. The number of aliphatic hydroxyl groups excluding tert-OH is 1. The second-order valence-corrected chi connectivity index (χ2v) is 6.31. The zero-order valence-electron chi connectivity index (χ0n) is 13.0. The molecule has 2 N–H and O–H groups in total. The Morgan fingerprint density at radius 3 is 2.82 bits per heavy atom. The lowest BCUT2D eigenvalue weighted by Crippen LogP contribution is -2.43. The summed E-state index contributed by atoms with van der Waals surface area (Å²) in [6.45, 7) is 3.82. The van der Waals surface area contributed by atoms with Crippen LogP contribution in [0.1, 0.15) is 32.6 Å². The smallest absolute Gasteiger partial charge is 0.223 e. The Morgan fingerprint density at radius 2 is 2.23 bits per heavy atom. The van der Waals surface area contributed by atoms with Gasteiger partial charge >= 0.3 is 0 Å². The van der Waals surface area contributed by atoms with Crippen molar-refractivity contribution >= 4 is 23.3 Å². The number of rotatable bonds is 6. The van der Waals surface area contributed by atoms with Crippen molar-refractivity contribution in [2.45, 2.75) is 38.6 Å². The molecule has 0 aliphatic carbocycles. The molecule has 22 heavy (non-hydrogen) atoms. The van der Waals surface area contributed by atoms with E-state index in [4.69, 9.17) is 16.7 Å². The maximum atomic E-state index is 12.2. The third-order valence-electron chi connectivity index (χ3n) is 4.09. The summed E-state index contributed by atoms with van der Waals surface area (Å²) in [7, 11) is 0. The van der Waals surface area contributed by atoms with Crippen molar-refractivity contribution in [3.63, 3.8) is 0 Å². The van der Waals surface area contributed by atoms with Crippen molar-refractivity contribution < 1.29 is 9.90 Å². The first kappa shape index (κ1) is 17.0. The number of piperidine rings is 1. The van der Waals surface area contributed by atoms with Gasteiger partial charge in [0.1, 0.15) is 5.82 Å². The van der Waals surface area contributed by atoms with Crippen LogP contribution in [-0.4, -0.2) is 41.7 Å². The first-order chi connectivity index (χ1) is 10.6. The summed E-state index contributed by atoms with van der Waals surface area (Å²) < 4.78 is 0. The van der Waals surface area contributed by atoms with Crippen LogP contribution in [0.2, 0.25) is 5.02 Å². The lowest BCUT2D eigenvalue weighted by atomic mass is 9.95. The van der Waals surface area contributed by atoms with Crippen LogP contribution in [0.4, 0.5) is 5.82 Å². The van der Waals surface area contributed by atoms with Gasteiger partial charge in [0.25, 0.3) is 0 Å². The predicted octanol–water partition coefficient (Wildman–Crippen LogP) is 2.23. The molecule has 0 radical (unpaired) electrons. The van der Waals surface area contributed by atoms with Gasteiger partial charge in [-0.3, -0.25) is 4.79 Å². The summed E-state index contributed by atoms with van der Waals surface area (Å²) in [4.78, 5) is 18.7. The molecule has 1 atom stereocenters. The number of aromatic nitrogens is 1. The molecule has 1 aromatic heterocycles. The molecule has 2 rings (SSSR count). The number of nitrogens with one attached hydrogen (secondary N) is 1. The third-order valence-corrected chi connectivity index (χ3v) is 4.31. The van der Waals surface area contributed by atoms with E-state index in [1.54, 1.807) is 6.20 Å². The minimum atomic E-state index is 0.0696. The fourth-order valence-electron chi connectivity index (χ4n) is 2.76. The number of pyridine rings is 1. The van der Waals surface area contributed by atoms with Crippen LogP contribution < -0.4 is 10.2 Å². The number of aliphatic hydroxyl groups is 1. The maximum absolute atomic E-state index is 12.2. The number of carbonyl (C=O) groups excluding carboxylic acids is 1. The molecule has 0 aromatic carbocycles. The first-order valence-corrected chi connectivity index (χ1v) is 8.25. The van der Waals surface area contributed by atoms with E-state index in [0.717, 1.165) is 44.6 Å². The van der Waals surface area contributed by atoms with Gasteiger partial charge < -0.3 is 15.3 Å². The van der Waals surface area contributed by atoms with E-state index in [1.165, 1.54) is 0 Å². The van der Waals surface area contributed by atoms with Gasteiger partial charge in [-0.1, -0.05) is 11.6 Å². The van der Waals surface area contributed by atoms with Crippen molar-refractivity contribution in [3.05, 3.63) is 23.4 Å². The maximum Gasteiger partial charge on any atom is 0.223 e. The molecular weight excluding hydrogens is 302 g/mol. The molecule has 0 spiro atoms. The van der Waals surface area contributed by atoms with Gasteiger partial charge in [0.05, 0.1) is 5.02 Å². The van der Waals surface area contributed by atoms with E-state index < -0.39 is 0 Å². The van der Waals surface area contributed by atoms with Crippen molar-refractivity contribution in [1.82, 2.24) is 10.3 Å². The van der Waals surface area contributed by atoms with Crippen LogP contribution >= 0.6 is 11.6 Å². The van der Waals surface area contributed by atoms with Crippen molar-refractivity contribution in [3.8, 4) is 0 Å². The molecule has 2 heterocycles. The highest BCUT2D eigenvalue weighted by atomic mass is 35.5. The standard InChI is InChI=1S/C16H24ClN3O2/c1-12(3-2-10-21)19-16(22)13-6-8-20(9-7-13)15-5-4-14(17)11-18-15/h4-5,11-13,21H,2-3,6-10H2,1H3,(H,19,22).